The van der Waals surface area contributed by atoms with E-state index in [1.807, 2.05) is 31.2 Å². The fraction of sp³-hybridized carbons (Fsp3) is 0.118. The molecule has 0 amide bonds. The van der Waals surface area contributed by atoms with Crippen LogP contribution < -0.4 is 10.6 Å². The van der Waals surface area contributed by atoms with Gasteiger partial charge in [-0.3, -0.25) is 0 Å². The molecule has 1 aromatic heterocycles. The monoisotopic (exact) mass is 309 g/mol. The van der Waals surface area contributed by atoms with Gasteiger partial charge in [0.2, 0.25) is 5.95 Å². The van der Waals surface area contributed by atoms with Gasteiger partial charge in [-0.2, -0.15) is 10.1 Å². The normalized spacial score (nSPS) is 10.3. The van der Waals surface area contributed by atoms with Crippen LogP contribution in [0.15, 0.2) is 54.7 Å². The van der Waals surface area contributed by atoms with Crippen LogP contribution in [-0.2, 0) is 6.54 Å². The smallest absolute Gasteiger partial charge is 0.249 e. The summed E-state index contributed by atoms with van der Waals surface area (Å²) in [7, 11) is 0. The molecule has 23 heavy (non-hydrogen) atoms. The summed E-state index contributed by atoms with van der Waals surface area (Å²) in [5.41, 5.74) is 2.99. The van der Waals surface area contributed by atoms with E-state index in [1.54, 1.807) is 18.3 Å². The fourth-order valence-electron chi connectivity index (χ4n) is 2.07. The molecule has 2 N–H and O–H groups in total. The van der Waals surface area contributed by atoms with Crippen LogP contribution in [0.5, 0.6) is 0 Å². The summed E-state index contributed by atoms with van der Waals surface area (Å²) < 4.78 is 12.9. The maximum Gasteiger partial charge on any atom is 0.249 e. The zero-order valence-corrected chi connectivity index (χ0v) is 12.6. The molecule has 0 aliphatic rings. The summed E-state index contributed by atoms with van der Waals surface area (Å²) in [4.78, 5) is 4.37. The number of aromatic nitrogens is 3. The van der Waals surface area contributed by atoms with E-state index in [2.05, 4.69) is 25.8 Å². The molecule has 0 bridgehead atoms. The minimum atomic E-state index is -0.248. The summed E-state index contributed by atoms with van der Waals surface area (Å²) in [6, 6.07) is 14.2. The second kappa shape index (κ2) is 6.83. The van der Waals surface area contributed by atoms with Gasteiger partial charge in [0.05, 0.1) is 6.20 Å². The highest BCUT2D eigenvalue weighted by Crippen LogP contribution is 2.17. The molecule has 0 aliphatic carbocycles. The Kier molecular flexibility index (Phi) is 4.42. The topological polar surface area (TPSA) is 62.7 Å². The van der Waals surface area contributed by atoms with Gasteiger partial charge in [0.15, 0.2) is 5.82 Å². The molecule has 6 heteroatoms. The van der Waals surface area contributed by atoms with Gasteiger partial charge in [-0.1, -0.05) is 30.3 Å². The molecule has 0 radical (unpaired) electrons. The van der Waals surface area contributed by atoms with Crippen molar-refractivity contribution in [2.24, 2.45) is 0 Å². The van der Waals surface area contributed by atoms with Crippen molar-refractivity contribution in [2.45, 2.75) is 13.5 Å². The zero-order valence-electron chi connectivity index (χ0n) is 12.6. The molecule has 116 valence electrons. The van der Waals surface area contributed by atoms with Gasteiger partial charge in [-0.15, -0.1) is 5.10 Å². The lowest BCUT2D eigenvalue weighted by Gasteiger charge is -2.09. The Hall–Kier alpha value is -3.02. The Labute approximate surface area is 133 Å². The number of para-hydroxylation sites is 1. The summed E-state index contributed by atoms with van der Waals surface area (Å²) in [5, 5.41) is 14.2. The number of halogens is 1. The third-order valence-electron chi connectivity index (χ3n) is 3.34. The largest absolute Gasteiger partial charge is 0.365 e. The number of hydrogen-bond acceptors (Lipinski definition) is 5. The molecule has 3 aromatic rings. The third kappa shape index (κ3) is 4.00. The van der Waals surface area contributed by atoms with Gasteiger partial charge in [0.25, 0.3) is 0 Å². The first-order chi connectivity index (χ1) is 11.2. The standard InChI is InChI=1S/C17H16FN5/c1-12-4-2-3-5-15(12)21-17-22-16(11-20-23-17)19-10-13-6-8-14(18)9-7-13/h2-9,11H,10H2,1H3,(H2,19,21,22,23). The van der Waals surface area contributed by atoms with Crippen molar-refractivity contribution in [1.29, 1.82) is 0 Å². The van der Waals surface area contributed by atoms with E-state index in [1.165, 1.54) is 12.1 Å². The molecule has 0 aliphatic heterocycles. The fourth-order valence-corrected chi connectivity index (χ4v) is 2.07. The second-order valence-corrected chi connectivity index (χ2v) is 5.09. The van der Waals surface area contributed by atoms with Gasteiger partial charge < -0.3 is 10.6 Å². The second-order valence-electron chi connectivity index (χ2n) is 5.09. The third-order valence-corrected chi connectivity index (χ3v) is 3.34. The Bertz CT molecular complexity index is 789. The van der Waals surface area contributed by atoms with Crippen molar-refractivity contribution in [3.63, 3.8) is 0 Å². The highest BCUT2D eigenvalue weighted by molar-refractivity contribution is 5.58. The van der Waals surface area contributed by atoms with Crippen molar-refractivity contribution < 1.29 is 4.39 Å². The molecular formula is C17H16FN5. The minimum absolute atomic E-state index is 0.248. The predicted molar refractivity (Wildman–Crippen MR) is 88.0 cm³/mol. The summed E-state index contributed by atoms with van der Waals surface area (Å²) in [6.45, 7) is 2.54. The number of aryl methyl sites for hydroxylation is 1. The zero-order chi connectivity index (χ0) is 16.1. The maximum atomic E-state index is 12.9. The van der Waals surface area contributed by atoms with Crippen LogP contribution in [0.4, 0.5) is 21.8 Å². The van der Waals surface area contributed by atoms with E-state index in [4.69, 9.17) is 0 Å². The molecule has 0 unspecified atom stereocenters. The van der Waals surface area contributed by atoms with E-state index in [0.717, 1.165) is 16.8 Å². The molecular weight excluding hydrogens is 293 g/mol. The molecule has 5 nitrogen and oxygen atoms in total. The molecule has 0 saturated carbocycles. The molecule has 0 saturated heterocycles. The number of hydrogen-bond donors (Lipinski definition) is 2. The Morgan fingerprint density at radius 3 is 2.61 bits per heavy atom. The van der Waals surface area contributed by atoms with E-state index >= 15 is 0 Å². The lowest BCUT2D eigenvalue weighted by Crippen LogP contribution is -2.06. The van der Waals surface area contributed by atoms with Crippen LogP contribution in [0.3, 0.4) is 0 Å². The van der Waals surface area contributed by atoms with Crippen molar-refractivity contribution in [2.75, 3.05) is 10.6 Å². The molecule has 1 heterocycles. The predicted octanol–water partition coefficient (Wildman–Crippen LogP) is 3.67. The Balaban J connectivity index is 1.67. The van der Waals surface area contributed by atoms with Crippen molar-refractivity contribution in [3.8, 4) is 0 Å². The van der Waals surface area contributed by atoms with Crippen molar-refractivity contribution in [1.82, 2.24) is 15.2 Å². The molecule has 2 aromatic carbocycles. The van der Waals surface area contributed by atoms with Gasteiger partial charge in [0, 0.05) is 12.2 Å². The van der Waals surface area contributed by atoms with Crippen LogP contribution in [0, 0.1) is 12.7 Å². The van der Waals surface area contributed by atoms with Gasteiger partial charge in [-0.25, -0.2) is 4.39 Å². The highest BCUT2D eigenvalue weighted by Gasteiger charge is 2.03. The summed E-state index contributed by atoms with van der Waals surface area (Å²) in [5.74, 6) is 0.769. The van der Waals surface area contributed by atoms with Gasteiger partial charge in [0.1, 0.15) is 5.82 Å². The van der Waals surface area contributed by atoms with Crippen molar-refractivity contribution >= 4 is 17.5 Å². The van der Waals surface area contributed by atoms with Crippen LogP contribution in [0.1, 0.15) is 11.1 Å². The molecule has 0 fully saturated rings. The number of nitrogens with one attached hydrogen (secondary N) is 2. The number of benzene rings is 2. The van der Waals surface area contributed by atoms with Crippen LogP contribution >= 0.6 is 0 Å². The average molecular weight is 309 g/mol. The molecule has 0 atom stereocenters. The summed E-state index contributed by atoms with van der Waals surface area (Å²) in [6.07, 6.45) is 1.55. The molecule has 3 rings (SSSR count). The molecule has 0 spiro atoms. The lowest BCUT2D eigenvalue weighted by atomic mass is 10.2. The van der Waals surface area contributed by atoms with E-state index in [9.17, 15) is 4.39 Å². The number of anilines is 3. The number of rotatable bonds is 5. The average Bonchev–Trinajstić information content (AvgIpc) is 2.57. The Morgan fingerprint density at radius 1 is 1.04 bits per heavy atom. The van der Waals surface area contributed by atoms with Gasteiger partial charge >= 0.3 is 0 Å². The minimum Gasteiger partial charge on any atom is -0.365 e. The SMILES string of the molecule is Cc1ccccc1Nc1nncc(NCc2ccc(F)cc2)n1. The quantitative estimate of drug-likeness (QED) is 0.753. The summed E-state index contributed by atoms with van der Waals surface area (Å²) >= 11 is 0. The van der Waals surface area contributed by atoms with Crippen molar-refractivity contribution in [3.05, 3.63) is 71.7 Å². The first-order valence-electron chi connectivity index (χ1n) is 7.21. The first-order valence-corrected chi connectivity index (χ1v) is 7.21. The van der Waals surface area contributed by atoms with Crippen LogP contribution in [0.2, 0.25) is 0 Å². The van der Waals surface area contributed by atoms with E-state index in [-0.39, 0.29) is 5.82 Å². The van der Waals surface area contributed by atoms with Gasteiger partial charge in [-0.05, 0) is 36.2 Å². The Morgan fingerprint density at radius 2 is 1.83 bits per heavy atom. The van der Waals surface area contributed by atoms with E-state index < -0.39 is 0 Å². The van der Waals surface area contributed by atoms with E-state index in [0.29, 0.717) is 18.3 Å². The highest BCUT2D eigenvalue weighted by atomic mass is 19.1. The van der Waals surface area contributed by atoms with Crippen LogP contribution in [0.25, 0.3) is 0 Å². The van der Waals surface area contributed by atoms with Crippen LogP contribution in [-0.4, -0.2) is 15.2 Å². The maximum absolute atomic E-state index is 12.9. The lowest BCUT2D eigenvalue weighted by molar-refractivity contribution is 0.627. The number of nitrogens with zero attached hydrogens (tertiary/aromatic N) is 3. The first kappa shape index (κ1) is 14.9.